The average molecular weight is 287 g/mol. The van der Waals surface area contributed by atoms with Gasteiger partial charge in [-0.05, 0) is 61.4 Å². The lowest BCUT2D eigenvalue weighted by atomic mass is 9.87. The molecular formula is C17H21NOS. The predicted octanol–water partition coefficient (Wildman–Crippen LogP) is 3.49. The minimum Gasteiger partial charge on any atom is -0.508 e. The average Bonchev–Trinajstić information content (AvgIpc) is 2.98. The summed E-state index contributed by atoms with van der Waals surface area (Å²) in [4.78, 5) is 3.94. The fourth-order valence-electron chi connectivity index (χ4n) is 3.07. The second-order valence-corrected chi connectivity index (χ2v) is 6.65. The van der Waals surface area contributed by atoms with Gasteiger partial charge >= 0.3 is 0 Å². The molecule has 2 nitrogen and oxygen atoms in total. The highest BCUT2D eigenvalue weighted by atomic mass is 32.1. The van der Waals surface area contributed by atoms with Gasteiger partial charge in [0.2, 0.25) is 0 Å². The van der Waals surface area contributed by atoms with Gasteiger partial charge in [-0.3, -0.25) is 0 Å². The fraction of sp³-hybridized carbons (Fsp3) is 0.412. The molecule has 0 bridgehead atoms. The lowest BCUT2D eigenvalue weighted by Gasteiger charge is -2.32. The van der Waals surface area contributed by atoms with Crippen molar-refractivity contribution in [3.05, 3.63) is 51.7 Å². The molecule has 0 saturated heterocycles. The van der Waals surface area contributed by atoms with E-state index in [0.717, 1.165) is 37.8 Å². The molecule has 0 spiro atoms. The van der Waals surface area contributed by atoms with Crippen LogP contribution in [0.2, 0.25) is 0 Å². The highest BCUT2D eigenvalue weighted by Gasteiger charge is 2.23. The van der Waals surface area contributed by atoms with Crippen LogP contribution >= 0.6 is 11.3 Å². The number of thiophene rings is 1. The Morgan fingerprint density at radius 1 is 1.30 bits per heavy atom. The molecule has 1 aliphatic carbocycles. The number of benzene rings is 1. The number of rotatable bonds is 4. The number of likely N-dealkylation sites (N-methyl/N-ethyl adjacent to an activating group) is 1. The van der Waals surface area contributed by atoms with Crippen LogP contribution in [0.4, 0.5) is 0 Å². The fourth-order valence-corrected chi connectivity index (χ4v) is 3.77. The van der Waals surface area contributed by atoms with Crippen molar-refractivity contribution < 1.29 is 5.11 Å². The summed E-state index contributed by atoms with van der Waals surface area (Å²) in [5.74, 6) is 0.474. The summed E-state index contributed by atoms with van der Waals surface area (Å²) in [6.45, 7) is 1.11. The van der Waals surface area contributed by atoms with Gasteiger partial charge in [-0.2, -0.15) is 0 Å². The van der Waals surface area contributed by atoms with Gasteiger partial charge < -0.3 is 10.0 Å². The van der Waals surface area contributed by atoms with Crippen LogP contribution in [-0.2, 0) is 19.3 Å². The van der Waals surface area contributed by atoms with Crippen molar-refractivity contribution in [1.82, 2.24) is 4.90 Å². The van der Waals surface area contributed by atoms with E-state index in [-0.39, 0.29) is 0 Å². The van der Waals surface area contributed by atoms with Gasteiger partial charge in [0.1, 0.15) is 5.75 Å². The molecular weight excluding hydrogens is 266 g/mol. The molecule has 0 amide bonds. The molecule has 0 aliphatic heterocycles. The Kier molecular flexibility index (Phi) is 4.08. The van der Waals surface area contributed by atoms with Crippen LogP contribution in [0.3, 0.4) is 0 Å². The number of aromatic hydroxyl groups is 1. The van der Waals surface area contributed by atoms with E-state index in [9.17, 15) is 5.11 Å². The quantitative estimate of drug-likeness (QED) is 0.930. The molecule has 0 unspecified atom stereocenters. The van der Waals surface area contributed by atoms with Gasteiger partial charge in [-0.15, -0.1) is 11.3 Å². The van der Waals surface area contributed by atoms with Gasteiger partial charge in [-0.25, -0.2) is 0 Å². The lowest BCUT2D eigenvalue weighted by molar-refractivity contribution is 0.224. The van der Waals surface area contributed by atoms with Crippen molar-refractivity contribution in [2.75, 3.05) is 13.6 Å². The number of nitrogens with zero attached hydrogens (tertiary/aromatic N) is 1. The van der Waals surface area contributed by atoms with Gasteiger partial charge in [0.25, 0.3) is 0 Å². The van der Waals surface area contributed by atoms with Gasteiger partial charge in [0.05, 0.1) is 0 Å². The lowest BCUT2D eigenvalue weighted by Crippen LogP contribution is -2.37. The van der Waals surface area contributed by atoms with Crippen molar-refractivity contribution in [2.24, 2.45) is 0 Å². The molecule has 106 valence electrons. The summed E-state index contributed by atoms with van der Waals surface area (Å²) in [6, 6.07) is 10.9. The molecule has 20 heavy (non-hydrogen) atoms. The van der Waals surface area contributed by atoms with E-state index in [2.05, 4.69) is 35.5 Å². The van der Waals surface area contributed by atoms with E-state index in [0.29, 0.717) is 11.8 Å². The summed E-state index contributed by atoms with van der Waals surface area (Å²) in [5, 5.41) is 12.0. The number of phenols is 1. The third kappa shape index (κ3) is 2.89. The van der Waals surface area contributed by atoms with Gasteiger partial charge in [0, 0.05) is 17.5 Å². The second kappa shape index (κ2) is 5.98. The molecule has 0 radical (unpaired) electrons. The standard InChI is InChI=1S/C17H21NOS/c1-18(10-9-15-5-3-11-20-15)14-7-8-16-13(12-14)4-2-6-17(16)19/h2-6,11,14,19H,7-10,12H2,1H3/t14-/m0/s1. The number of phenolic OH excluding ortho intramolecular Hbond substituents is 1. The summed E-state index contributed by atoms with van der Waals surface area (Å²) in [7, 11) is 2.23. The van der Waals surface area contributed by atoms with Crippen molar-refractivity contribution >= 4 is 11.3 Å². The summed E-state index contributed by atoms with van der Waals surface area (Å²) in [6.07, 6.45) is 4.34. The molecule has 2 aromatic rings. The molecule has 1 heterocycles. The van der Waals surface area contributed by atoms with E-state index >= 15 is 0 Å². The predicted molar refractivity (Wildman–Crippen MR) is 84.6 cm³/mol. The minimum absolute atomic E-state index is 0.474. The molecule has 1 aliphatic rings. The van der Waals surface area contributed by atoms with Crippen molar-refractivity contribution in [2.45, 2.75) is 31.7 Å². The smallest absolute Gasteiger partial charge is 0.119 e. The molecule has 1 N–H and O–H groups in total. The maximum Gasteiger partial charge on any atom is 0.119 e. The summed E-state index contributed by atoms with van der Waals surface area (Å²) < 4.78 is 0. The first-order valence-corrected chi connectivity index (χ1v) is 8.14. The first kappa shape index (κ1) is 13.7. The second-order valence-electron chi connectivity index (χ2n) is 5.62. The van der Waals surface area contributed by atoms with Crippen LogP contribution in [0.15, 0.2) is 35.7 Å². The van der Waals surface area contributed by atoms with Crippen LogP contribution in [-0.4, -0.2) is 29.6 Å². The molecule has 1 aromatic carbocycles. The first-order chi connectivity index (χ1) is 9.74. The maximum absolute atomic E-state index is 9.90. The van der Waals surface area contributed by atoms with Crippen molar-refractivity contribution in [1.29, 1.82) is 0 Å². The van der Waals surface area contributed by atoms with E-state index in [1.165, 1.54) is 10.4 Å². The molecule has 1 aromatic heterocycles. The van der Waals surface area contributed by atoms with Crippen LogP contribution in [0.25, 0.3) is 0 Å². The highest BCUT2D eigenvalue weighted by molar-refractivity contribution is 7.09. The van der Waals surface area contributed by atoms with E-state index in [1.54, 1.807) is 6.07 Å². The van der Waals surface area contributed by atoms with Crippen molar-refractivity contribution in [3.8, 4) is 5.75 Å². The Hall–Kier alpha value is -1.32. The zero-order valence-electron chi connectivity index (χ0n) is 11.9. The minimum atomic E-state index is 0.474. The van der Waals surface area contributed by atoms with Crippen molar-refractivity contribution in [3.63, 3.8) is 0 Å². The molecule has 3 heteroatoms. The Morgan fingerprint density at radius 2 is 2.20 bits per heavy atom. The number of hydrogen-bond acceptors (Lipinski definition) is 3. The van der Waals surface area contributed by atoms with E-state index in [1.807, 2.05) is 17.4 Å². The zero-order chi connectivity index (χ0) is 13.9. The third-order valence-electron chi connectivity index (χ3n) is 4.35. The Labute approximate surface area is 124 Å². The monoisotopic (exact) mass is 287 g/mol. The first-order valence-electron chi connectivity index (χ1n) is 7.26. The zero-order valence-corrected chi connectivity index (χ0v) is 12.7. The topological polar surface area (TPSA) is 23.5 Å². The summed E-state index contributed by atoms with van der Waals surface area (Å²) in [5.41, 5.74) is 2.49. The van der Waals surface area contributed by atoms with E-state index < -0.39 is 0 Å². The largest absolute Gasteiger partial charge is 0.508 e. The molecule has 3 rings (SSSR count). The maximum atomic E-state index is 9.90. The van der Waals surface area contributed by atoms with Crippen LogP contribution in [0, 0.1) is 0 Å². The van der Waals surface area contributed by atoms with Crippen LogP contribution in [0.5, 0.6) is 5.75 Å². The van der Waals surface area contributed by atoms with E-state index in [4.69, 9.17) is 0 Å². The Bertz CT molecular complexity index is 564. The molecule has 1 atom stereocenters. The number of hydrogen-bond donors (Lipinski definition) is 1. The third-order valence-corrected chi connectivity index (χ3v) is 5.28. The SMILES string of the molecule is CN(CCc1cccs1)[C@H]1CCc2c(O)cccc2C1. The van der Waals surface area contributed by atoms with Crippen LogP contribution < -0.4 is 0 Å². The molecule has 0 saturated carbocycles. The Balaban J connectivity index is 1.61. The van der Waals surface area contributed by atoms with Gasteiger partial charge in [0.15, 0.2) is 0 Å². The van der Waals surface area contributed by atoms with Gasteiger partial charge in [-0.1, -0.05) is 18.2 Å². The Morgan fingerprint density at radius 3 is 3.00 bits per heavy atom. The number of fused-ring (bicyclic) bond motifs is 1. The summed E-state index contributed by atoms with van der Waals surface area (Å²) >= 11 is 1.84. The molecule has 0 fully saturated rings. The highest BCUT2D eigenvalue weighted by Crippen LogP contribution is 2.30. The normalized spacial score (nSPS) is 18.2. The van der Waals surface area contributed by atoms with Crippen LogP contribution in [0.1, 0.15) is 22.4 Å².